The number of carbonyl (C=O) groups excluding carboxylic acids is 1. The molecule has 0 saturated heterocycles. The average molecular weight is 340 g/mol. The summed E-state index contributed by atoms with van der Waals surface area (Å²) >= 11 is 0. The molecule has 0 spiro atoms. The first-order valence-corrected chi connectivity index (χ1v) is 6.94. The van der Waals surface area contributed by atoms with Gasteiger partial charge >= 0.3 is 12.2 Å². The second-order valence-corrected chi connectivity index (χ2v) is 4.87. The van der Waals surface area contributed by atoms with E-state index in [0.29, 0.717) is 11.3 Å². The Morgan fingerprint density at radius 3 is 2.75 bits per heavy atom. The highest BCUT2D eigenvalue weighted by molar-refractivity contribution is 5.89. The normalized spacial score (nSPS) is 11.0. The van der Waals surface area contributed by atoms with E-state index in [2.05, 4.69) is 25.3 Å². The van der Waals surface area contributed by atoms with Crippen LogP contribution in [0.1, 0.15) is 11.3 Å². The summed E-state index contributed by atoms with van der Waals surface area (Å²) in [5, 5.41) is 5.13. The van der Waals surface area contributed by atoms with E-state index >= 15 is 0 Å². The molecule has 9 heteroatoms. The van der Waals surface area contributed by atoms with Crippen molar-refractivity contribution >= 4 is 11.7 Å². The summed E-state index contributed by atoms with van der Waals surface area (Å²) in [6, 6.07) is 5.86. The molecule has 0 aliphatic heterocycles. The Kier molecular flexibility index (Phi) is 5.56. The number of aromatic nitrogens is 2. The Balaban J connectivity index is 1.92. The molecular weight excluding hydrogens is 325 g/mol. The van der Waals surface area contributed by atoms with Crippen LogP contribution in [0.3, 0.4) is 0 Å². The van der Waals surface area contributed by atoms with Gasteiger partial charge in [-0.3, -0.25) is 4.98 Å². The number of hydrogen-bond acceptors (Lipinski definition) is 4. The summed E-state index contributed by atoms with van der Waals surface area (Å²) in [4.78, 5) is 19.6. The molecular formula is C15H15F3N4O2. The molecule has 2 rings (SSSR count). The van der Waals surface area contributed by atoms with Gasteiger partial charge in [0, 0.05) is 35.9 Å². The second kappa shape index (κ2) is 7.62. The maximum Gasteiger partial charge on any atom is 0.422 e. The molecule has 0 aromatic carbocycles. The van der Waals surface area contributed by atoms with Gasteiger partial charge in [0.1, 0.15) is 0 Å². The first kappa shape index (κ1) is 17.5. The predicted molar refractivity (Wildman–Crippen MR) is 80.6 cm³/mol. The lowest BCUT2D eigenvalue weighted by Crippen LogP contribution is -2.28. The number of nitrogens with zero attached hydrogens (tertiary/aromatic N) is 2. The highest BCUT2D eigenvalue weighted by atomic mass is 19.4. The second-order valence-electron chi connectivity index (χ2n) is 4.87. The number of alkyl halides is 3. The number of hydrogen-bond donors (Lipinski definition) is 2. The lowest BCUT2D eigenvalue weighted by atomic mass is 10.2. The van der Waals surface area contributed by atoms with Crippen molar-refractivity contribution in [3.8, 4) is 5.88 Å². The number of aryl methyl sites for hydroxylation is 1. The molecule has 128 valence electrons. The van der Waals surface area contributed by atoms with E-state index in [1.165, 1.54) is 12.3 Å². The fourth-order valence-electron chi connectivity index (χ4n) is 1.81. The number of carbonyl (C=O) groups is 1. The largest absolute Gasteiger partial charge is 0.468 e. The van der Waals surface area contributed by atoms with Crippen LogP contribution >= 0.6 is 0 Å². The van der Waals surface area contributed by atoms with Crippen LogP contribution in [0.4, 0.5) is 23.7 Å². The molecule has 0 atom stereocenters. The van der Waals surface area contributed by atoms with Gasteiger partial charge in [0.2, 0.25) is 5.88 Å². The van der Waals surface area contributed by atoms with Crippen LogP contribution in [0.5, 0.6) is 5.88 Å². The minimum atomic E-state index is -4.46. The number of amides is 2. The minimum absolute atomic E-state index is 0.0308. The van der Waals surface area contributed by atoms with Crippen LogP contribution < -0.4 is 15.4 Å². The molecule has 2 heterocycles. The van der Waals surface area contributed by atoms with E-state index in [4.69, 9.17) is 0 Å². The molecule has 0 bridgehead atoms. The van der Waals surface area contributed by atoms with E-state index in [1.54, 1.807) is 31.3 Å². The number of halogens is 3. The minimum Gasteiger partial charge on any atom is -0.468 e. The zero-order valence-electron chi connectivity index (χ0n) is 12.7. The van der Waals surface area contributed by atoms with Crippen molar-refractivity contribution in [1.29, 1.82) is 0 Å². The topological polar surface area (TPSA) is 76.1 Å². The van der Waals surface area contributed by atoms with Gasteiger partial charge in [0.15, 0.2) is 6.61 Å². The van der Waals surface area contributed by atoms with E-state index < -0.39 is 18.8 Å². The Morgan fingerprint density at radius 1 is 1.25 bits per heavy atom. The third-order valence-corrected chi connectivity index (χ3v) is 2.82. The summed E-state index contributed by atoms with van der Waals surface area (Å²) in [5.74, 6) is -0.171. The predicted octanol–water partition coefficient (Wildman–Crippen LogP) is 3.05. The Bertz CT molecular complexity index is 707. The molecule has 0 fully saturated rings. The third kappa shape index (κ3) is 5.75. The first-order valence-electron chi connectivity index (χ1n) is 6.94. The van der Waals surface area contributed by atoms with Gasteiger partial charge in [0.25, 0.3) is 0 Å². The number of ether oxygens (including phenoxy) is 1. The molecule has 0 aliphatic carbocycles. The summed E-state index contributed by atoms with van der Waals surface area (Å²) in [6.07, 6.45) is -1.59. The van der Waals surface area contributed by atoms with Gasteiger partial charge in [-0.25, -0.2) is 9.78 Å². The molecule has 2 N–H and O–H groups in total. The Labute approximate surface area is 136 Å². The lowest BCUT2D eigenvalue weighted by Gasteiger charge is -2.13. The van der Waals surface area contributed by atoms with Gasteiger partial charge < -0.3 is 15.4 Å². The molecule has 0 saturated carbocycles. The monoisotopic (exact) mass is 340 g/mol. The highest BCUT2D eigenvalue weighted by Gasteiger charge is 2.29. The number of rotatable bonds is 5. The number of urea groups is 1. The van der Waals surface area contributed by atoms with Crippen molar-refractivity contribution < 1.29 is 22.7 Å². The zero-order valence-corrected chi connectivity index (χ0v) is 12.7. The van der Waals surface area contributed by atoms with Crippen molar-refractivity contribution in [2.24, 2.45) is 0 Å². The molecule has 24 heavy (non-hydrogen) atoms. The standard InChI is InChI=1S/C15H15F3N4O2/c1-10-7-12(4-6-19-10)22-14(23)21-8-11-3-2-5-20-13(11)24-9-15(16,17)18/h2-7H,8-9H2,1H3,(H2,19,21,22,23). The SMILES string of the molecule is Cc1cc(NC(=O)NCc2cccnc2OCC(F)(F)F)ccn1. The Hall–Kier alpha value is -2.84. The summed E-state index contributed by atoms with van der Waals surface area (Å²) in [7, 11) is 0. The summed E-state index contributed by atoms with van der Waals surface area (Å²) < 4.78 is 41.3. The van der Waals surface area contributed by atoms with Crippen molar-refractivity contribution in [3.05, 3.63) is 47.9 Å². The van der Waals surface area contributed by atoms with Crippen LogP contribution in [0.2, 0.25) is 0 Å². The van der Waals surface area contributed by atoms with Crippen molar-refractivity contribution in [2.75, 3.05) is 11.9 Å². The molecule has 2 aromatic heterocycles. The molecule has 2 amide bonds. The molecule has 2 aromatic rings. The maximum absolute atomic E-state index is 12.2. The molecule has 0 unspecified atom stereocenters. The zero-order chi connectivity index (χ0) is 17.6. The molecule has 6 nitrogen and oxygen atoms in total. The van der Waals surface area contributed by atoms with Gasteiger partial charge in [0.05, 0.1) is 0 Å². The fraction of sp³-hybridized carbons (Fsp3) is 0.267. The third-order valence-electron chi connectivity index (χ3n) is 2.82. The van der Waals surface area contributed by atoms with Gasteiger partial charge in [-0.2, -0.15) is 13.2 Å². The fourth-order valence-corrected chi connectivity index (χ4v) is 1.81. The van der Waals surface area contributed by atoms with E-state index in [1.807, 2.05) is 0 Å². The highest BCUT2D eigenvalue weighted by Crippen LogP contribution is 2.19. The summed E-state index contributed by atoms with van der Waals surface area (Å²) in [5.41, 5.74) is 1.63. The van der Waals surface area contributed by atoms with Crippen molar-refractivity contribution in [1.82, 2.24) is 15.3 Å². The van der Waals surface area contributed by atoms with Crippen molar-refractivity contribution in [2.45, 2.75) is 19.6 Å². The molecule has 0 aliphatic rings. The lowest BCUT2D eigenvalue weighted by molar-refractivity contribution is -0.154. The van der Waals surface area contributed by atoms with Crippen LogP contribution in [-0.2, 0) is 6.54 Å². The van der Waals surface area contributed by atoms with Crippen LogP contribution in [0.15, 0.2) is 36.7 Å². The molecule has 0 radical (unpaired) electrons. The first-order chi connectivity index (χ1) is 11.3. The number of pyridine rings is 2. The smallest absolute Gasteiger partial charge is 0.422 e. The van der Waals surface area contributed by atoms with E-state index in [-0.39, 0.29) is 12.4 Å². The van der Waals surface area contributed by atoms with Gasteiger partial charge in [-0.15, -0.1) is 0 Å². The van der Waals surface area contributed by atoms with E-state index in [0.717, 1.165) is 5.69 Å². The Morgan fingerprint density at radius 2 is 2.04 bits per heavy atom. The van der Waals surface area contributed by atoms with Crippen molar-refractivity contribution in [3.63, 3.8) is 0 Å². The van der Waals surface area contributed by atoms with Crippen LogP contribution in [-0.4, -0.2) is 28.8 Å². The van der Waals surface area contributed by atoms with Crippen LogP contribution in [0.25, 0.3) is 0 Å². The average Bonchev–Trinajstić information content (AvgIpc) is 2.51. The number of nitrogens with one attached hydrogen (secondary N) is 2. The maximum atomic E-state index is 12.2. The van der Waals surface area contributed by atoms with E-state index in [9.17, 15) is 18.0 Å². The number of anilines is 1. The van der Waals surface area contributed by atoms with Gasteiger partial charge in [-0.1, -0.05) is 6.07 Å². The van der Waals surface area contributed by atoms with Crippen LogP contribution in [0, 0.1) is 6.92 Å². The van der Waals surface area contributed by atoms with Gasteiger partial charge in [-0.05, 0) is 25.1 Å². The quantitative estimate of drug-likeness (QED) is 0.877. The summed E-state index contributed by atoms with van der Waals surface area (Å²) in [6.45, 7) is 0.305.